The van der Waals surface area contributed by atoms with Gasteiger partial charge in [0.25, 0.3) is 0 Å². The Labute approximate surface area is 155 Å². The van der Waals surface area contributed by atoms with Gasteiger partial charge in [0.05, 0.1) is 14.2 Å². The molecule has 0 amide bonds. The fourth-order valence-electron chi connectivity index (χ4n) is 3.38. The Morgan fingerprint density at radius 1 is 1.00 bits per heavy atom. The molecule has 1 aliphatic rings. The summed E-state index contributed by atoms with van der Waals surface area (Å²) in [6.07, 6.45) is 0. The topological polar surface area (TPSA) is 57.0 Å². The lowest BCUT2D eigenvalue weighted by Gasteiger charge is -2.19. The lowest BCUT2D eigenvalue weighted by Crippen LogP contribution is -2.28. The maximum absolute atomic E-state index is 6.14. The third kappa shape index (κ3) is 4.29. The van der Waals surface area contributed by atoms with Gasteiger partial charge < -0.3 is 19.9 Å². The fraction of sp³-hybridized carbons (Fsp3) is 0.429. The van der Waals surface area contributed by atoms with Crippen LogP contribution >= 0.6 is 0 Å². The zero-order valence-electron chi connectivity index (χ0n) is 15.8. The van der Waals surface area contributed by atoms with Crippen molar-refractivity contribution in [3.63, 3.8) is 0 Å². The van der Waals surface area contributed by atoms with Crippen LogP contribution < -0.4 is 19.9 Å². The minimum atomic E-state index is 0.243. The summed E-state index contributed by atoms with van der Waals surface area (Å²) in [5.74, 6) is 2.53. The molecule has 26 heavy (non-hydrogen) atoms. The molecule has 5 heteroatoms. The van der Waals surface area contributed by atoms with E-state index < -0.39 is 0 Å². The van der Waals surface area contributed by atoms with Crippen molar-refractivity contribution in [2.45, 2.75) is 26.1 Å². The second-order valence-corrected chi connectivity index (χ2v) is 6.94. The van der Waals surface area contributed by atoms with Crippen LogP contribution in [0.5, 0.6) is 17.2 Å². The predicted molar refractivity (Wildman–Crippen MR) is 103 cm³/mol. The van der Waals surface area contributed by atoms with E-state index in [-0.39, 0.29) is 6.04 Å². The van der Waals surface area contributed by atoms with Gasteiger partial charge in [0.15, 0.2) is 11.5 Å². The molecule has 1 saturated heterocycles. The van der Waals surface area contributed by atoms with Crippen LogP contribution in [0.3, 0.4) is 0 Å². The van der Waals surface area contributed by atoms with Crippen LogP contribution in [0.1, 0.15) is 18.1 Å². The van der Waals surface area contributed by atoms with Crippen molar-refractivity contribution < 1.29 is 14.2 Å². The Morgan fingerprint density at radius 2 is 1.65 bits per heavy atom. The Balaban J connectivity index is 1.77. The van der Waals surface area contributed by atoms with Crippen molar-refractivity contribution >= 4 is 0 Å². The summed E-state index contributed by atoms with van der Waals surface area (Å²) in [6, 6.07) is 14.3. The van der Waals surface area contributed by atoms with Crippen LogP contribution in [0.4, 0.5) is 0 Å². The first-order chi connectivity index (χ1) is 12.6. The number of benzene rings is 2. The molecule has 2 aromatic carbocycles. The zero-order chi connectivity index (χ0) is 18.5. The number of nitrogens with two attached hydrogens (primary N) is 1. The first kappa shape index (κ1) is 18.5. The summed E-state index contributed by atoms with van der Waals surface area (Å²) in [7, 11) is 3.31. The quantitative estimate of drug-likeness (QED) is 0.826. The molecule has 2 aromatic rings. The van der Waals surface area contributed by atoms with Crippen molar-refractivity contribution in [2.24, 2.45) is 11.7 Å². The second kappa shape index (κ2) is 8.43. The van der Waals surface area contributed by atoms with E-state index in [1.807, 2.05) is 42.5 Å². The average Bonchev–Trinajstić information content (AvgIpc) is 2.97. The number of hydrogen-bond acceptors (Lipinski definition) is 5. The van der Waals surface area contributed by atoms with E-state index in [9.17, 15) is 0 Å². The highest BCUT2D eigenvalue weighted by Gasteiger charge is 2.27. The molecule has 0 spiro atoms. The van der Waals surface area contributed by atoms with Gasteiger partial charge in [-0.15, -0.1) is 0 Å². The standard InChI is InChI=1S/C21H28N2O3/c1-15-11-23(13-18(15)22)12-17-9-19(24-2)21(20(10-17)25-3)26-14-16-7-5-4-6-8-16/h4-10,15,18H,11-14,22H2,1-3H3. The first-order valence-electron chi connectivity index (χ1n) is 9.00. The Kier molecular flexibility index (Phi) is 6.01. The van der Waals surface area contributed by atoms with Gasteiger partial charge in [-0.05, 0) is 29.2 Å². The van der Waals surface area contributed by atoms with E-state index in [1.54, 1.807) is 14.2 Å². The summed E-state index contributed by atoms with van der Waals surface area (Å²) in [5.41, 5.74) is 8.37. The minimum absolute atomic E-state index is 0.243. The molecule has 1 fully saturated rings. The van der Waals surface area contributed by atoms with Crippen molar-refractivity contribution in [2.75, 3.05) is 27.3 Å². The van der Waals surface area contributed by atoms with Gasteiger partial charge in [0.1, 0.15) is 6.61 Å². The molecule has 0 bridgehead atoms. The molecule has 5 nitrogen and oxygen atoms in total. The molecule has 3 rings (SSSR count). The third-order valence-corrected chi connectivity index (χ3v) is 4.90. The normalized spacial score (nSPS) is 20.2. The van der Waals surface area contributed by atoms with Crippen LogP contribution in [-0.2, 0) is 13.2 Å². The lowest BCUT2D eigenvalue weighted by molar-refractivity contribution is 0.264. The van der Waals surface area contributed by atoms with Crippen LogP contribution in [0.2, 0.25) is 0 Å². The lowest BCUT2D eigenvalue weighted by atomic mass is 10.1. The molecular weight excluding hydrogens is 328 g/mol. The average molecular weight is 356 g/mol. The predicted octanol–water partition coefficient (Wildman–Crippen LogP) is 3.06. The molecule has 1 aliphatic heterocycles. The van der Waals surface area contributed by atoms with Gasteiger partial charge in [-0.1, -0.05) is 37.3 Å². The van der Waals surface area contributed by atoms with Crippen LogP contribution in [0.25, 0.3) is 0 Å². The van der Waals surface area contributed by atoms with Crippen molar-refractivity contribution in [3.8, 4) is 17.2 Å². The second-order valence-electron chi connectivity index (χ2n) is 6.94. The number of hydrogen-bond donors (Lipinski definition) is 1. The Bertz CT molecular complexity index is 685. The van der Waals surface area contributed by atoms with Gasteiger partial charge in [-0.25, -0.2) is 0 Å². The molecule has 0 radical (unpaired) electrons. The highest BCUT2D eigenvalue weighted by molar-refractivity contribution is 5.54. The monoisotopic (exact) mass is 356 g/mol. The van der Waals surface area contributed by atoms with Crippen molar-refractivity contribution in [1.29, 1.82) is 0 Å². The van der Waals surface area contributed by atoms with E-state index in [0.29, 0.717) is 29.8 Å². The minimum Gasteiger partial charge on any atom is -0.493 e. The summed E-state index contributed by atoms with van der Waals surface area (Å²) < 4.78 is 17.2. The summed E-state index contributed by atoms with van der Waals surface area (Å²) >= 11 is 0. The highest BCUT2D eigenvalue weighted by atomic mass is 16.5. The zero-order valence-corrected chi connectivity index (χ0v) is 15.8. The summed E-state index contributed by atoms with van der Waals surface area (Å²) in [4.78, 5) is 2.37. The van der Waals surface area contributed by atoms with E-state index in [2.05, 4.69) is 11.8 Å². The van der Waals surface area contributed by atoms with Gasteiger partial charge >= 0.3 is 0 Å². The largest absolute Gasteiger partial charge is 0.493 e. The number of methoxy groups -OCH3 is 2. The molecule has 140 valence electrons. The molecule has 0 aromatic heterocycles. The fourth-order valence-corrected chi connectivity index (χ4v) is 3.38. The van der Waals surface area contributed by atoms with Crippen LogP contribution in [-0.4, -0.2) is 38.3 Å². The molecular formula is C21H28N2O3. The maximum Gasteiger partial charge on any atom is 0.203 e. The van der Waals surface area contributed by atoms with Crippen LogP contribution in [0.15, 0.2) is 42.5 Å². The van der Waals surface area contributed by atoms with E-state index in [4.69, 9.17) is 19.9 Å². The van der Waals surface area contributed by atoms with Crippen molar-refractivity contribution in [1.82, 2.24) is 4.90 Å². The van der Waals surface area contributed by atoms with E-state index >= 15 is 0 Å². The van der Waals surface area contributed by atoms with Gasteiger partial charge in [-0.3, -0.25) is 4.90 Å². The Morgan fingerprint density at radius 3 is 2.19 bits per heavy atom. The number of nitrogens with zero attached hydrogens (tertiary/aromatic N) is 1. The maximum atomic E-state index is 6.14. The van der Waals surface area contributed by atoms with Gasteiger partial charge in [0, 0.05) is 25.7 Å². The van der Waals surface area contributed by atoms with Crippen LogP contribution in [0, 0.1) is 5.92 Å². The molecule has 1 heterocycles. The van der Waals surface area contributed by atoms with Gasteiger partial charge in [0.2, 0.25) is 5.75 Å². The van der Waals surface area contributed by atoms with E-state index in [1.165, 1.54) is 0 Å². The number of rotatable bonds is 7. The van der Waals surface area contributed by atoms with Crippen molar-refractivity contribution in [3.05, 3.63) is 53.6 Å². The molecule has 0 saturated carbocycles. The molecule has 2 N–H and O–H groups in total. The number of ether oxygens (including phenoxy) is 3. The summed E-state index contributed by atoms with van der Waals surface area (Å²) in [6.45, 7) is 5.41. The van der Waals surface area contributed by atoms with E-state index in [0.717, 1.165) is 30.8 Å². The SMILES string of the molecule is COc1cc(CN2CC(C)C(N)C2)cc(OC)c1OCc1ccccc1. The molecule has 2 unspecified atom stereocenters. The summed E-state index contributed by atoms with van der Waals surface area (Å²) in [5, 5.41) is 0. The van der Waals surface area contributed by atoms with Gasteiger partial charge in [-0.2, -0.15) is 0 Å². The molecule has 2 atom stereocenters. The Hall–Kier alpha value is -2.24. The first-order valence-corrected chi connectivity index (χ1v) is 9.00. The smallest absolute Gasteiger partial charge is 0.203 e. The number of likely N-dealkylation sites (tertiary alicyclic amines) is 1. The molecule has 0 aliphatic carbocycles. The highest BCUT2D eigenvalue weighted by Crippen LogP contribution is 2.39. The third-order valence-electron chi connectivity index (χ3n) is 4.90.